The van der Waals surface area contributed by atoms with E-state index in [4.69, 9.17) is 22.1 Å². The van der Waals surface area contributed by atoms with Crippen LogP contribution in [0.4, 0.5) is 5.82 Å². The Balaban J connectivity index is 1.42. The second-order valence-electron chi connectivity index (χ2n) is 8.24. The number of pyridine rings is 2. The van der Waals surface area contributed by atoms with Crippen molar-refractivity contribution in [2.75, 3.05) is 32.5 Å². The number of hydrogen-bond donors (Lipinski definition) is 1. The highest BCUT2D eigenvalue weighted by molar-refractivity contribution is 6.30. The van der Waals surface area contributed by atoms with Crippen LogP contribution in [-0.4, -0.2) is 47.4 Å². The molecule has 162 valence electrons. The number of likely N-dealkylation sites (tertiary alicyclic amines) is 1. The molecular formula is C24H27ClN4O2. The number of carbonyl (C=O) groups excluding carboxylic acids is 1. The minimum Gasteiger partial charge on any atom is -0.477 e. The SMILES string of the molecule is CN1CCC(COc2ncc(Cl)cc2C(=O)CCc2ccc3c(N)nccc3c2)CC1. The third-order valence-corrected chi connectivity index (χ3v) is 6.12. The summed E-state index contributed by atoms with van der Waals surface area (Å²) in [5.74, 6) is 1.35. The zero-order valence-electron chi connectivity index (χ0n) is 17.7. The number of nitrogen functional groups attached to an aromatic ring is 1. The molecule has 4 rings (SSSR count). The molecule has 3 aromatic rings. The highest BCUT2D eigenvalue weighted by atomic mass is 35.5. The fraction of sp³-hybridized carbons (Fsp3) is 0.375. The Labute approximate surface area is 187 Å². The summed E-state index contributed by atoms with van der Waals surface area (Å²) in [6.07, 6.45) is 6.36. The normalized spacial score (nSPS) is 15.3. The lowest BCUT2D eigenvalue weighted by atomic mass is 9.98. The van der Waals surface area contributed by atoms with E-state index in [1.54, 1.807) is 12.3 Å². The fourth-order valence-electron chi connectivity index (χ4n) is 3.97. The van der Waals surface area contributed by atoms with Gasteiger partial charge < -0.3 is 15.4 Å². The van der Waals surface area contributed by atoms with E-state index in [-0.39, 0.29) is 5.78 Å². The van der Waals surface area contributed by atoms with Gasteiger partial charge in [-0.15, -0.1) is 0 Å². The molecule has 3 heterocycles. The number of ether oxygens (including phenoxy) is 1. The van der Waals surface area contributed by atoms with E-state index in [9.17, 15) is 4.79 Å². The zero-order chi connectivity index (χ0) is 21.8. The van der Waals surface area contributed by atoms with Crippen LogP contribution in [0.1, 0.15) is 35.2 Å². The predicted molar refractivity (Wildman–Crippen MR) is 124 cm³/mol. The van der Waals surface area contributed by atoms with Gasteiger partial charge in [0.1, 0.15) is 5.82 Å². The summed E-state index contributed by atoms with van der Waals surface area (Å²) in [4.78, 5) is 23.7. The van der Waals surface area contributed by atoms with Gasteiger partial charge in [0.2, 0.25) is 5.88 Å². The second-order valence-corrected chi connectivity index (χ2v) is 8.68. The molecule has 1 fully saturated rings. The number of piperidine rings is 1. The van der Waals surface area contributed by atoms with Crippen LogP contribution in [0.25, 0.3) is 10.8 Å². The number of aryl methyl sites for hydroxylation is 1. The molecule has 0 bridgehead atoms. The van der Waals surface area contributed by atoms with Crippen molar-refractivity contribution in [2.45, 2.75) is 25.7 Å². The minimum atomic E-state index is -0.0253. The lowest BCUT2D eigenvalue weighted by molar-refractivity contribution is 0.0974. The number of hydrogen-bond acceptors (Lipinski definition) is 6. The van der Waals surface area contributed by atoms with Crippen LogP contribution in [0.15, 0.2) is 42.7 Å². The number of halogens is 1. The Kier molecular flexibility index (Phi) is 6.68. The first-order chi connectivity index (χ1) is 15.0. The number of nitrogens with two attached hydrogens (primary N) is 1. The molecule has 0 amide bonds. The molecule has 7 heteroatoms. The molecule has 0 aliphatic carbocycles. The van der Waals surface area contributed by atoms with Gasteiger partial charge in [0.15, 0.2) is 5.78 Å². The van der Waals surface area contributed by atoms with Gasteiger partial charge >= 0.3 is 0 Å². The number of anilines is 1. The molecule has 6 nitrogen and oxygen atoms in total. The lowest BCUT2D eigenvalue weighted by Gasteiger charge is -2.28. The maximum Gasteiger partial charge on any atom is 0.224 e. The lowest BCUT2D eigenvalue weighted by Crippen LogP contribution is -2.32. The van der Waals surface area contributed by atoms with Gasteiger partial charge in [0, 0.05) is 24.2 Å². The first kappa shape index (κ1) is 21.5. The molecule has 2 aromatic heterocycles. The average molecular weight is 439 g/mol. The van der Waals surface area contributed by atoms with Crippen molar-refractivity contribution in [1.82, 2.24) is 14.9 Å². The van der Waals surface area contributed by atoms with Gasteiger partial charge in [-0.25, -0.2) is 9.97 Å². The molecule has 1 aromatic carbocycles. The van der Waals surface area contributed by atoms with Gasteiger partial charge in [0.05, 0.1) is 17.2 Å². The number of Topliss-reactive ketones (excluding diaryl/α,β-unsaturated/α-hetero) is 1. The maximum atomic E-state index is 13.0. The molecular weight excluding hydrogens is 412 g/mol. The number of fused-ring (bicyclic) bond motifs is 1. The highest BCUT2D eigenvalue weighted by Gasteiger charge is 2.20. The van der Waals surface area contributed by atoms with E-state index in [1.165, 1.54) is 6.20 Å². The third-order valence-electron chi connectivity index (χ3n) is 5.91. The molecule has 0 atom stereocenters. The summed E-state index contributed by atoms with van der Waals surface area (Å²) in [5, 5.41) is 2.37. The minimum absolute atomic E-state index is 0.0253. The Bertz CT molecular complexity index is 1080. The standard InChI is InChI=1S/C24H27ClN4O2/c1-29-10-7-17(8-11-29)15-31-24-21(13-19(25)14-28-24)22(30)5-3-16-2-4-20-18(12-16)6-9-27-23(20)26/h2,4,6,9,12-14,17H,3,5,7-8,10-11,15H2,1H3,(H2,26,27). The Morgan fingerprint density at radius 1 is 1.23 bits per heavy atom. The second kappa shape index (κ2) is 9.62. The fourth-order valence-corrected chi connectivity index (χ4v) is 4.12. The first-order valence-corrected chi connectivity index (χ1v) is 11.0. The summed E-state index contributed by atoms with van der Waals surface area (Å²) < 4.78 is 5.98. The Morgan fingerprint density at radius 3 is 2.84 bits per heavy atom. The first-order valence-electron chi connectivity index (χ1n) is 10.6. The zero-order valence-corrected chi connectivity index (χ0v) is 18.4. The van der Waals surface area contributed by atoms with Gasteiger partial charge in [-0.2, -0.15) is 0 Å². The van der Waals surface area contributed by atoms with Gasteiger partial charge in [0.25, 0.3) is 0 Å². The van der Waals surface area contributed by atoms with Crippen molar-refractivity contribution >= 4 is 34.0 Å². The van der Waals surface area contributed by atoms with Crippen LogP contribution in [0, 0.1) is 5.92 Å². The molecule has 1 aliphatic heterocycles. The topological polar surface area (TPSA) is 81.3 Å². The van der Waals surface area contributed by atoms with Crippen molar-refractivity contribution < 1.29 is 9.53 Å². The molecule has 0 radical (unpaired) electrons. The smallest absolute Gasteiger partial charge is 0.224 e. The van der Waals surface area contributed by atoms with Crippen molar-refractivity contribution in [3.05, 3.63) is 58.9 Å². The summed E-state index contributed by atoms with van der Waals surface area (Å²) >= 11 is 6.13. The van der Waals surface area contributed by atoms with Crippen LogP contribution in [0.3, 0.4) is 0 Å². The van der Waals surface area contributed by atoms with E-state index in [0.29, 0.717) is 47.7 Å². The number of carbonyl (C=O) groups is 1. The van der Waals surface area contributed by atoms with Gasteiger partial charge in [-0.05, 0) is 68.4 Å². The van der Waals surface area contributed by atoms with E-state index in [0.717, 1.165) is 42.3 Å². The van der Waals surface area contributed by atoms with E-state index in [1.807, 2.05) is 24.3 Å². The number of ketones is 1. The molecule has 31 heavy (non-hydrogen) atoms. The summed E-state index contributed by atoms with van der Waals surface area (Å²) in [5.41, 5.74) is 7.44. The number of nitrogens with zero attached hydrogens (tertiary/aromatic N) is 3. The quantitative estimate of drug-likeness (QED) is 0.550. The molecule has 0 spiro atoms. The predicted octanol–water partition coefficient (Wildman–Crippen LogP) is 4.40. The third kappa shape index (κ3) is 5.32. The highest BCUT2D eigenvalue weighted by Crippen LogP contribution is 2.25. The Morgan fingerprint density at radius 2 is 2.03 bits per heavy atom. The summed E-state index contributed by atoms with van der Waals surface area (Å²) in [6.45, 7) is 2.71. The largest absolute Gasteiger partial charge is 0.477 e. The van der Waals surface area contributed by atoms with Crippen LogP contribution in [0.5, 0.6) is 5.88 Å². The molecule has 1 aliphatic rings. The van der Waals surface area contributed by atoms with Crippen molar-refractivity contribution in [3.63, 3.8) is 0 Å². The van der Waals surface area contributed by atoms with Gasteiger partial charge in [-0.3, -0.25) is 4.79 Å². The monoisotopic (exact) mass is 438 g/mol. The van der Waals surface area contributed by atoms with Crippen LogP contribution < -0.4 is 10.5 Å². The van der Waals surface area contributed by atoms with Crippen molar-refractivity contribution in [2.24, 2.45) is 5.92 Å². The summed E-state index contributed by atoms with van der Waals surface area (Å²) in [6, 6.07) is 9.57. The number of benzene rings is 1. The molecule has 0 saturated carbocycles. The summed E-state index contributed by atoms with van der Waals surface area (Å²) in [7, 11) is 2.13. The molecule has 1 saturated heterocycles. The van der Waals surface area contributed by atoms with Crippen LogP contribution >= 0.6 is 11.6 Å². The Hall–Kier alpha value is -2.70. The number of aromatic nitrogens is 2. The maximum absolute atomic E-state index is 13.0. The molecule has 2 N–H and O–H groups in total. The van der Waals surface area contributed by atoms with E-state index < -0.39 is 0 Å². The van der Waals surface area contributed by atoms with Gasteiger partial charge in [-0.1, -0.05) is 29.8 Å². The van der Waals surface area contributed by atoms with E-state index in [2.05, 4.69) is 21.9 Å². The van der Waals surface area contributed by atoms with Crippen LogP contribution in [-0.2, 0) is 6.42 Å². The van der Waals surface area contributed by atoms with Crippen molar-refractivity contribution in [1.29, 1.82) is 0 Å². The van der Waals surface area contributed by atoms with Crippen molar-refractivity contribution in [3.8, 4) is 5.88 Å². The van der Waals surface area contributed by atoms with E-state index >= 15 is 0 Å². The average Bonchev–Trinajstić information content (AvgIpc) is 2.78. The number of rotatable bonds is 7. The molecule has 0 unspecified atom stereocenters. The van der Waals surface area contributed by atoms with Crippen LogP contribution in [0.2, 0.25) is 5.02 Å².